The third kappa shape index (κ3) is 3.04. The number of rotatable bonds is 6. The molecule has 1 unspecified atom stereocenters. The SMILES string of the molecule is NC(C[C@@](O)(Cc1c[nH]c2ccccc12)C(=O)O)C(=O)O. The van der Waals surface area contributed by atoms with Crippen molar-refractivity contribution in [1.29, 1.82) is 0 Å². The van der Waals surface area contributed by atoms with E-state index in [0.717, 1.165) is 10.9 Å². The molecule has 0 saturated carbocycles. The Morgan fingerprint density at radius 3 is 2.57 bits per heavy atom. The summed E-state index contributed by atoms with van der Waals surface area (Å²) in [6.45, 7) is 0. The Kier molecular flexibility index (Phi) is 3.97. The van der Waals surface area contributed by atoms with Crippen LogP contribution in [0.1, 0.15) is 12.0 Å². The molecule has 2 atom stereocenters. The lowest BCUT2D eigenvalue weighted by Crippen LogP contribution is -2.48. The monoisotopic (exact) mass is 292 g/mol. The molecule has 0 spiro atoms. The van der Waals surface area contributed by atoms with Crippen LogP contribution in [0, 0.1) is 0 Å². The smallest absolute Gasteiger partial charge is 0.336 e. The van der Waals surface area contributed by atoms with Gasteiger partial charge in [-0.15, -0.1) is 0 Å². The number of carboxylic acid groups (broad SMARTS) is 2. The summed E-state index contributed by atoms with van der Waals surface area (Å²) in [6, 6.07) is 5.79. The lowest BCUT2D eigenvalue weighted by atomic mass is 9.88. The summed E-state index contributed by atoms with van der Waals surface area (Å²) in [5, 5.41) is 29.1. The molecule has 0 saturated heterocycles. The highest BCUT2D eigenvalue weighted by molar-refractivity contribution is 5.85. The van der Waals surface area contributed by atoms with Crippen molar-refractivity contribution in [1.82, 2.24) is 4.98 Å². The molecule has 112 valence electrons. The number of fused-ring (bicyclic) bond motifs is 1. The number of carbonyl (C=O) groups is 2. The van der Waals surface area contributed by atoms with Crippen LogP contribution in [-0.4, -0.2) is 43.9 Å². The Morgan fingerprint density at radius 2 is 1.95 bits per heavy atom. The second-order valence-electron chi connectivity index (χ2n) is 5.02. The van der Waals surface area contributed by atoms with Crippen molar-refractivity contribution in [3.63, 3.8) is 0 Å². The zero-order chi connectivity index (χ0) is 15.6. The maximum absolute atomic E-state index is 11.3. The fourth-order valence-electron chi connectivity index (χ4n) is 2.28. The molecule has 1 aromatic heterocycles. The Bertz CT molecular complexity index is 681. The second kappa shape index (κ2) is 5.55. The summed E-state index contributed by atoms with van der Waals surface area (Å²) < 4.78 is 0. The number of carboxylic acids is 2. The Balaban J connectivity index is 2.31. The molecule has 1 heterocycles. The predicted octanol–water partition coefficient (Wildman–Crippen LogP) is 0.328. The third-order valence-corrected chi connectivity index (χ3v) is 3.43. The van der Waals surface area contributed by atoms with Gasteiger partial charge in [0, 0.05) is 29.9 Å². The largest absolute Gasteiger partial charge is 0.480 e. The summed E-state index contributed by atoms with van der Waals surface area (Å²) in [6.07, 6.45) is 0.801. The van der Waals surface area contributed by atoms with Crippen LogP contribution in [0.4, 0.5) is 0 Å². The summed E-state index contributed by atoms with van der Waals surface area (Å²) in [5.41, 5.74) is 4.52. The van der Waals surface area contributed by atoms with E-state index in [2.05, 4.69) is 4.98 Å². The standard InChI is InChI=1S/C14H16N2O5/c15-10(12(17)18)6-14(21,13(19)20)5-8-7-16-11-4-2-1-3-9(8)11/h1-4,7,10,16,21H,5-6,15H2,(H,17,18)(H,19,20)/t10?,14-/m0/s1. The number of aliphatic carboxylic acids is 2. The van der Waals surface area contributed by atoms with Crippen LogP contribution in [0.2, 0.25) is 0 Å². The molecule has 0 bridgehead atoms. The minimum absolute atomic E-state index is 0.229. The molecule has 0 aliphatic heterocycles. The van der Waals surface area contributed by atoms with Gasteiger partial charge in [-0.05, 0) is 11.6 Å². The van der Waals surface area contributed by atoms with Gasteiger partial charge < -0.3 is 26.0 Å². The van der Waals surface area contributed by atoms with Gasteiger partial charge in [0.15, 0.2) is 5.60 Å². The minimum atomic E-state index is -2.23. The van der Waals surface area contributed by atoms with Crippen molar-refractivity contribution in [2.24, 2.45) is 5.73 Å². The average molecular weight is 292 g/mol. The highest BCUT2D eigenvalue weighted by Gasteiger charge is 2.40. The first-order valence-electron chi connectivity index (χ1n) is 6.32. The van der Waals surface area contributed by atoms with Crippen molar-refractivity contribution in [3.8, 4) is 0 Å². The van der Waals surface area contributed by atoms with Gasteiger partial charge in [0.1, 0.15) is 6.04 Å². The molecule has 0 amide bonds. The first-order chi connectivity index (χ1) is 9.83. The number of H-pyrrole nitrogens is 1. The van der Waals surface area contributed by atoms with Gasteiger partial charge in [-0.3, -0.25) is 4.79 Å². The number of hydrogen-bond acceptors (Lipinski definition) is 4. The van der Waals surface area contributed by atoms with Crippen LogP contribution in [-0.2, 0) is 16.0 Å². The molecule has 2 aromatic rings. The number of aromatic amines is 1. The number of aromatic nitrogens is 1. The molecular formula is C14H16N2O5. The number of nitrogens with one attached hydrogen (secondary N) is 1. The van der Waals surface area contributed by atoms with E-state index in [4.69, 9.17) is 10.8 Å². The van der Waals surface area contributed by atoms with E-state index >= 15 is 0 Å². The maximum Gasteiger partial charge on any atom is 0.336 e. The summed E-state index contributed by atoms with van der Waals surface area (Å²) in [5.74, 6) is -2.85. The van der Waals surface area contributed by atoms with Crippen molar-refractivity contribution in [2.45, 2.75) is 24.5 Å². The zero-order valence-corrected chi connectivity index (χ0v) is 11.1. The maximum atomic E-state index is 11.3. The van der Waals surface area contributed by atoms with E-state index in [-0.39, 0.29) is 6.42 Å². The molecule has 21 heavy (non-hydrogen) atoms. The minimum Gasteiger partial charge on any atom is -0.480 e. The highest BCUT2D eigenvalue weighted by atomic mass is 16.4. The van der Waals surface area contributed by atoms with Gasteiger partial charge >= 0.3 is 11.9 Å². The molecule has 0 fully saturated rings. The van der Waals surface area contributed by atoms with Gasteiger partial charge in [-0.1, -0.05) is 18.2 Å². The van der Waals surface area contributed by atoms with Gasteiger partial charge in [-0.2, -0.15) is 0 Å². The highest BCUT2D eigenvalue weighted by Crippen LogP contribution is 2.25. The number of hydrogen-bond donors (Lipinski definition) is 5. The normalized spacial score (nSPS) is 15.5. The Labute approximate surface area is 120 Å². The topological polar surface area (TPSA) is 137 Å². The van der Waals surface area contributed by atoms with Crippen LogP contribution in [0.3, 0.4) is 0 Å². The molecule has 2 rings (SSSR count). The van der Waals surface area contributed by atoms with Crippen molar-refractivity contribution in [3.05, 3.63) is 36.0 Å². The van der Waals surface area contributed by atoms with Crippen LogP contribution in [0.5, 0.6) is 0 Å². The lowest BCUT2D eigenvalue weighted by Gasteiger charge is -2.24. The molecule has 1 aromatic carbocycles. The fourth-order valence-corrected chi connectivity index (χ4v) is 2.28. The van der Waals surface area contributed by atoms with Crippen LogP contribution < -0.4 is 5.73 Å². The first-order valence-corrected chi connectivity index (χ1v) is 6.32. The quantitative estimate of drug-likeness (QED) is 0.520. The molecule has 7 heteroatoms. The fraction of sp³-hybridized carbons (Fsp3) is 0.286. The summed E-state index contributed by atoms with van der Waals surface area (Å²) >= 11 is 0. The number of para-hydroxylation sites is 1. The number of aliphatic hydroxyl groups is 1. The van der Waals surface area contributed by atoms with E-state index < -0.39 is 30.0 Å². The van der Waals surface area contributed by atoms with Crippen LogP contribution in [0.15, 0.2) is 30.5 Å². The van der Waals surface area contributed by atoms with E-state index in [9.17, 15) is 19.8 Å². The van der Waals surface area contributed by atoms with Crippen LogP contribution in [0.25, 0.3) is 10.9 Å². The van der Waals surface area contributed by atoms with Gasteiger partial charge in [0.2, 0.25) is 0 Å². The Hall–Kier alpha value is -2.38. The second-order valence-corrected chi connectivity index (χ2v) is 5.02. The zero-order valence-electron chi connectivity index (χ0n) is 11.1. The molecule has 0 radical (unpaired) electrons. The predicted molar refractivity (Wildman–Crippen MR) is 74.8 cm³/mol. The van der Waals surface area contributed by atoms with E-state index in [1.165, 1.54) is 0 Å². The first kappa shape index (κ1) is 15.0. The Morgan fingerprint density at radius 1 is 1.29 bits per heavy atom. The van der Waals surface area contributed by atoms with Crippen molar-refractivity contribution >= 4 is 22.8 Å². The molecule has 7 nitrogen and oxygen atoms in total. The van der Waals surface area contributed by atoms with Crippen LogP contribution >= 0.6 is 0 Å². The molecular weight excluding hydrogens is 276 g/mol. The van der Waals surface area contributed by atoms with Gasteiger partial charge in [-0.25, -0.2) is 4.79 Å². The van der Waals surface area contributed by atoms with Crippen molar-refractivity contribution < 1.29 is 24.9 Å². The lowest BCUT2D eigenvalue weighted by molar-refractivity contribution is -0.160. The number of nitrogens with two attached hydrogens (primary N) is 1. The summed E-state index contributed by atoms with van der Waals surface area (Å²) in [4.78, 5) is 25.1. The third-order valence-electron chi connectivity index (χ3n) is 3.43. The van der Waals surface area contributed by atoms with E-state index in [0.29, 0.717) is 5.56 Å². The summed E-state index contributed by atoms with van der Waals surface area (Å²) in [7, 11) is 0. The molecule has 0 aliphatic rings. The average Bonchev–Trinajstić information content (AvgIpc) is 2.81. The van der Waals surface area contributed by atoms with E-state index in [1.54, 1.807) is 18.3 Å². The molecule has 6 N–H and O–H groups in total. The van der Waals surface area contributed by atoms with Gasteiger partial charge in [0.25, 0.3) is 0 Å². The van der Waals surface area contributed by atoms with E-state index in [1.807, 2.05) is 12.1 Å². The van der Waals surface area contributed by atoms with Gasteiger partial charge in [0.05, 0.1) is 0 Å². The number of benzene rings is 1. The molecule has 0 aliphatic carbocycles. The van der Waals surface area contributed by atoms with Crippen molar-refractivity contribution in [2.75, 3.05) is 0 Å².